The Morgan fingerprint density at radius 2 is 1.89 bits per heavy atom. The average molecular weight is 260 g/mol. The van der Waals surface area contributed by atoms with Crippen LogP contribution in [0.5, 0.6) is 0 Å². The van der Waals surface area contributed by atoms with Crippen molar-refractivity contribution in [1.82, 2.24) is 0 Å². The Morgan fingerprint density at radius 1 is 1.44 bits per heavy atom. The SMILES string of the molecule is O=C(O)C(CO)=C(Br)Br. The number of rotatable bonds is 2. The Kier molecular flexibility index (Phi) is 4.09. The van der Waals surface area contributed by atoms with Gasteiger partial charge in [-0.25, -0.2) is 4.79 Å². The van der Waals surface area contributed by atoms with Gasteiger partial charge in [0, 0.05) is 0 Å². The van der Waals surface area contributed by atoms with E-state index in [2.05, 4.69) is 31.9 Å². The van der Waals surface area contributed by atoms with Gasteiger partial charge in [0.2, 0.25) is 0 Å². The topological polar surface area (TPSA) is 57.5 Å². The van der Waals surface area contributed by atoms with E-state index in [1.807, 2.05) is 0 Å². The lowest BCUT2D eigenvalue weighted by atomic mass is 10.3. The van der Waals surface area contributed by atoms with Crippen LogP contribution in [-0.2, 0) is 4.79 Å². The van der Waals surface area contributed by atoms with Gasteiger partial charge < -0.3 is 10.2 Å². The van der Waals surface area contributed by atoms with Crippen molar-refractivity contribution in [3.05, 3.63) is 8.96 Å². The monoisotopic (exact) mass is 258 g/mol. The Hall–Kier alpha value is 0.130. The van der Waals surface area contributed by atoms with Crippen LogP contribution in [0.2, 0.25) is 0 Å². The maximum atomic E-state index is 10.1. The van der Waals surface area contributed by atoms with Gasteiger partial charge in [0.15, 0.2) is 0 Å². The minimum atomic E-state index is -1.14. The highest BCUT2D eigenvalue weighted by Crippen LogP contribution is 2.18. The van der Waals surface area contributed by atoms with Crippen LogP contribution >= 0.6 is 31.9 Å². The molecule has 0 spiro atoms. The zero-order chi connectivity index (χ0) is 7.44. The largest absolute Gasteiger partial charge is 0.478 e. The van der Waals surface area contributed by atoms with Crippen molar-refractivity contribution in [3.63, 3.8) is 0 Å². The van der Waals surface area contributed by atoms with Gasteiger partial charge >= 0.3 is 5.97 Å². The molecule has 0 aliphatic rings. The average Bonchev–Trinajstić information content (AvgIpc) is 1.64. The molecule has 3 nitrogen and oxygen atoms in total. The third-order valence-electron chi connectivity index (χ3n) is 0.644. The lowest BCUT2D eigenvalue weighted by molar-refractivity contribution is -0.133. The number of carboxylic acid groups (broad SMARTS) is 1. The fraction of sp³-hybridized carbons (Fsp3) is 0.250. The van der Waals surface area contributed by atoms with Gasteiger partial charge in [-0.3, -0.25) is 0 Å². The number of aliphatic carboxylic acids is 1. The predicted molar refractivity (Wildman–Crippen MR) is 39.6 cm³/mol. The molecule has 0 aromatic heterocycles. The van der Waals surface area contributed by atoms with E-state index in [0.29, 0.717) is 0 Å². The van der Waals surface area contributed by atoms with E-state index >= 15 is 0 Å². The van der Waals surface area contributed by atoms with Crippen LogP contribution in [0.4, 0.5) is 0 Å². The molecule has 0 fully saturated rings. The molecule has 0 heterocycles. The van der Waals surface area contributed by atoms with E-state index in [-0.39, 0.29) is 8.96 Å². The molecule has 9 heavy (non-hydrogen) atoms. The van der Waals surface area contributed by atoms with E-state index in [0.717, 1.165) is 0 Å². The number of aliphatic hydroxyl groups excluding tert-OH is 1. The number of aliphatic hydroxyl groups is 1. The minimum absolute atomic E-state index is 0.0880. The molecule has 0 aromatic carbocycles. The van der Waals surface area contributed by atoms with E-state index < -0.39 is 12.6 Å². The highest BCUT2D eigenvalue weighted by molar-refractivity contribution is 9.28. The number of hydrogen-bond donors (Lipinski definition) is 2. The summed E-state index contributed by atoms with van der Waals surface area (Å²) in [7, 11) is 0. The first-order valence-electron chi connectivity index (χ1n) is 1.98. The Balaban J connectivity index is 4.35. The van der Waals surface area contributed by atoms with Gasteiger partial charge in [0.1, 0.15) is 0 Å². The molecule has 0 rings (SSSR count). The summed E-state index contributed by atoms with van der Waals surface area (Å²) < 4.78 is 0.269. The molecule has 0 bridgehead atoms. The van der Waals surface area contributed by atoms with Gasteiger partial charge in [0.05, 0.1) is 15.6 Å². The second kappa shape index (κ2) is 4.03. The van der Waals surface area contributed by atoms with Gasteiger partial charge in [0.25, 0.3) is 0 Å². The molecular weight excluding hydrogens is 256 g/mol. The smallest absolute Gasteiger partial charge is 0.335 e. The zero-order valence-corrected chi connectivity index (χ0v) is 7.44. The minimum Gasteiger partial charge on any atom is -0.478 e. The second-order valence-electron chi connectivity index (χ2n) is 1.20. The van der Waals surface area contributed by atoms with Gasteiger partial charge in [-0.2, -0.15) is 0 Å². The molecule has 0 saturated heterocycles. The van der Waals surface area contributed by atoms with E-state index in [9.17, 15) is 4.79 Å². The summed E-state index contributed by atoms with van der Waals surface area (Å²) in [6.07, 6.45) is 0. The third-order valence-corrected chi connectivity index (χ3v) is 1.60. The van der Waals surface area contributed by atoms with Crippen LogP contribution in [0.25, 0.3) is 0 Å². The molecule has 0 atom stereocenters. The molecule has 0 radical (unpaired) electrons. The number of carboxylic acids is 1. The lowest BCUT2D eigenvalue weighted by Gasteiger charge is -1.94. The summed E-state index contributed by atoms with van der Waals surface area (Å²) in [4.78, 5) is 10.1. The number of carbonyl (C=O) groups is 1. The van der Waals surface area contributed by atoms with E-state index in [1.54, 1.807) is 0 Å². The van der Waals surface area contributed by atoms with Crippen molar-refractivity contribution in [2.24, 2.45) is 0 Å². The van der Waals surface area contributed by atoms with Gasteiger partial charge in [-0.1, -0.05) is 0 Å². The summed E-state index contributed by atoms with van der Waals surface area (Å²) in [5.74, 6) is -1.14. The van der Waals surface area contributed by atoms with Crippen molar-refractivity contribution in [2.45, 2.75) is 0 Å². The Morgan fingerprint density at radius 3 is 1.89 bits per heavy atom. The molecule has 5 heteroatoms. The first kappa shape index (κ1) is 9.13. The highest BCUT2D eigenvalue weighted by Gasteiger charge is 2.08. The van der Waals surface area contributed by atoms with E-state index in [4.69, 9.17) is 10.2 Å². The van der Waals surface area contributed by atoms with Crippen molar-refractivity contribution in [1.29, 1.82) is 0 Å². The lowest BCUT2D eigenvalue weighted by Crippen LogP contribution is -2.04. The number of halogens is 2. The van der Waals surface area contributed by atoms with Crippen LogP contribution in [0, 0.1) is 0 Å². The first-order valence-corrected chi connectivity index (χ1v) is 3.56. The van der Waals surface area contributed by atoms with Crippen LogP contribution in [0.3, 0.4) is 0 Å². The summed E-state index contributed by atoms with van der Waals surface area (Å²) in [5, 5.41) is 16.6. The standard InChI is InChI=1S/C4H4Br2O3/c5-3(6)2(1-7)4(8)9/h7H,1H2,(H,8,9). The summed E-state index contributed by atoms with van der Waals surface area (Å²) in [6.45, 7) is -0.485. The fourth-order valence-electron chi connectivity index (χ4n) is 0.208. The molecule has 52 valence electrons. The summed E-state index contributed by atoms with van der Waals surface area (Å²) in [5.41, 5.74) is -0.0880. The van der Waals surface area contributed by atoms with E-state index in [1.165, 1.54) is 0 Å². The fourth-order valence-corrected chi connectivity index (χ4v) is 0.798. The molecule has 0 aromatic rings. The summed E-state index contributed by atoms with van der Waals surface area (Å²) in [6, 6.07) is 0. The molecule has 2 N–H and O–H groups in total. The Bertz CT molecular complexity index is 148. The molecule has 0 aliphatic heterocycles. The second-order valence-corrected chi connectivity index (χ2v) is 3.85. The number of hydrogen-bond acceptors (Lipinski definition) is 2. The maximum absolute atomic E-state index is 10.1. The highest BCUT2D eigenvalue weighted by atomic mass is 79.9. The molecule has 0 unspecified atom stereocenters. The van der Waals surface area contributed by atoms with Crippen LogP contribution in [0.15, 0.2) is 8.96 Å². The molecular formula is C4H4Br2O3. The van der Waals surface area contributed by atoms with Crippen molar-refractivity contribution < 1.29 is 15.0 Å². The zero-order valence-electron chi connectivity index (χ0n) is 4.27. The van der Waals surface area contributed by atoms with Crippen LogP contribution in [0.1, 0.15) is 0 Å². The quantitative estimate of drug-likeness (QED) is 0.730. The maximum Gasteiger partial charge on any atom is 0.335 e. The molecule has 0 amide bonds. The van der Waals surface area contributed by atoms with Crippen molar-refractivity contribution >= 4 is 37.8 Å². The first-order chi connectivity index (χ1) is 4.09. The van der Waals surface area contributed by atoms with Crippen LogP contribution in [-0.4, -0.2) is 22.8 Å². The normalized spacial score (nSPS) is 8.78. The molecule has 0 saturated carbocycles. The van der Waals surface area contributed by atoms with Crippen LogP contribution < -0.4 is 0 Å². The molecule has 0 aliphatic carbocycles. The Labute approximate surface area is 68.6 Å². The van der Waals surface area contributed by atoms with Gasteiger partial charge in [-0.15, -0.1) is 0 Å². The van der Waals surface area contributed by atoms with Gasteiger partial charge in [-0.05, 0) is 31.9 Å². The summed E-state index contributed by atoms with van der Waals surface area (Å²) >= 11 is 5.71. The predicted octanol–water partition coefficient (Wildman–Crippen LogP) is 1.06. The third kappa shape index (κ3) is 2.98. The van der Waals surface area contributed by atoms with Crippen molar-refractivity contribution in [2.75, 3.05) is 6.61 Å². The van der Waals surface area contributed by atoms with Crippen molar-refractivity contribution in [3.8, 4) is 0 Å².